The van der Waals surface area contributed by atoms with E-state index in [4.69, 9.17) is 18.9 Å². The molecule has 12 heteroatoms. The van der Waals surface area contributed by atoms with Crippen molar-refractivity contribution >= 4 is 35.4 Å². The summed E-state index contributed by atoms with van der Waals surface area (Å²) in [5, 5.41) is 12.0. The van der Waals surface area contributed by atoms with Crippen molar-refractivity contribution in [2.75, 3.05) is 10.6 Å². The van der Waals surface area contributed by atoms with Crippen molar-refractivity contribution < 1.29 is 38.1 Å². The van der Waals surface area contributed by atoms with Gasteiger partial charge < -0.3 is 40.2 Å². The molecule has 0 spiro atoms. The number of alkyl carbamates (subject to hydrolysis) is 2. The van der Waals surface area contributed by atoms with Crippen LogP contribution >= 0.6 is 0 Å². The van der Waals surface area contributed by atoms with Gasteiger partial charge in [0.15, 0.2) is 12.2 Å². The van der Waals surface area contributed by atoms with E-state index in [1.807, 2.05) is 102 Å². The molecule has 4 amide bonds. The first-order valence-electron chi connectivity index (χ1n) is 20.8. The van der Waals surface area contributed by atoms with E-state index < -0.39 is 35.6 Å². The van der Waals surface area contributed by atoms with Crippen LogP contribution in [0.4, 0.5) is 21.0 Å². The second-order valence-electron chi connectivity index (χ2n) is 18.0. The third-order valence-electron chi connectivity index (χ3n) is 11.1. The lowest BCUT2D eigenvalue weighted by Crippen LogP contribution is -2.38. The molecule has 4 N–H and O–H groups in total. The summed E-state index contributed by atoms with van der Waals surface area (Å²) < 4.78 is 22.4. The van der Waals surface area contributed by atoms with Crippen LogP contribution in [0.5, 0.6) is 11.5 Å². The van der Waals surface area contributed by atoms with Crippen LogP contribution in [0.15, 0.2) is 84.9 Å². The van der Waals surface area contributed by atoms with Crippen molar-refractivity contribution in [2.45, 2.75) is 122 Å². The van der Waals surface area contributed by atoms with Crippen LogP contribution in [0.1, 0.15) is 113 Å². The number of nitrogens with one attached hydrogen (secondary N) is 4. The van der Waals surface area contributed by atoms with Gasteiger partial charge in [0, 0.05) is 5.92 Å². The SMILES string of the molecule is CC1Oc2ccc(C(NC(=O)OC(C)(C)C)C3CCc4ccccc43)cc2NC1=O.CC1Oc2ccc(C(NC(=O)OC(C)(C)C)C3Cc4ccccc4C3)cc2NC1=O. The standard InChI is InChI=1S/2C24H28N2O4/c1-14-22(27)25-19-13-16(10-12-20(19)29-14)21(26-23(28)30-24(2,3)4)18-11-9-15-7-5-6-8-17(15)18;1-14-22(27)25-19-13-17(9-10-20(19)29-14)21(26-23(28)30-24(2,3)4)18-11-15-7-5-6-8-16(15)12-18/h5-8,10,12-14,18,21H,9,11H2,1-4H3,(H,25,27)(H,26,28);5-10,13-14,18,21H,11-12H2,1-4H3,(H,25,27)(H,26,28). The number of amides is 4. The number of fused-ring (bicyclic) bond motifs is 4. The third kappa shape index (κ3) is 9.86. The van der Waals surface area contributed by atoms with E-state index in [2.05, 4.69) is 45.5 Å². The third-order valence-corrected chi connectivity index (χ3v) is 11.1. The molecule has 4 aromatic carbocycles. The highest BCUT2D eigenvalue weighted by molar-refractivity contribution is 5.98. The van der Waals surface area contributed by atoms with Gasteiger partial charge in [0.05, 0.1) is 23.5 Å². The van der Waals surface area contributed by atoms with Crippen LogP contribution in [0.2, 0.25) is 0 Å². The number of carbonyl (C=O) groups is 4. The Morgan fingerprint density at radius 3 is 1.60 bits per heavy atom. The summed E-state index contributed by atoms with van der Waals surface area (Å²) in [7, 11) is 0. The fourth-order valence-electron chi connectivity index (χ4n) is 8.36. The molecule has 12 nitrogen and oxygen atoms in total. The summed E-state index contributed by atoms with van der Waals surface area (Å²) in [4.78, 5) is 49.4. The van der Waals surface area contributed by atoms with Crippen molar-refractivity contribution in [3.63, 3.8) is 0 Å². The molecular weight excluding hydrogens is 761 g/mol. The number of anilines is 2. The molecular formula is C48H56N4O8. The molecule has 60 heavy (non-hydrogen) atoms. The molecule has 2 aliphatic heterocycles. The highest BCUT2D eigenvalue weighted by atomic mass is 16.6. The zero-order chi connectivity index (χ0) is 42.9. The quantitative estimate of drug-likeness (QED) is 0.150. The topological polar surface area (TPSA) is 153 Å². The minimum Gasteiger partial charge on any atom is -0.479 e. The highest BCUT2D eigenvalue weighted by Gasteiger charge is 2.36. The maximum Gasteiger partial charge on any atom is 0.408 e. The van der Waals surface area contributed by atoms with Gasteiger partial charge in [-0.05, 0) is 145 Å². The Balaban J connectivity index is 0.000000181. The Morgan fingerprint density at radius 2 is 1.10 bits per heavy atom. The lowest BCUT2D eigenvalue weighted by atomic mass is 9.88. The summed E-state index contributed by atoms with van der Waals surface area (Å²) in [6, 6.07) is 27.6. The zero-order valence-electron chi connectivity index (χ0n) is 35.6. The molecule has 4 aromatic rings. The van der Waals surface area contributed by atoms with Crippen molar-refractivity contribution in [3.8, 4) is 11.5 Å². The van der Waals surface area contributed by atoms with Gasteiger partial charge in [-0.1, -0.05) is 60.7 Å². The summed E-state index contributed by atoms with van der Waals surface area (Å²) in [6.07, 6.45) is 1.68. The van der Waals surface area contributed by atoms with Crippen LogP contribution in [0, 0.1) is 5.92 Å². The van der Waals surface area contributed by atoms with E-state index in [0.717, 1.165) is 36.8 Å². The van der Waals surface area contributed by atoms with Gasteiger partial charge in [-0.25, -0.2) is 9.59 Å². The van der Waals surface area contributed by atoms with Gasteiger partial charge in [-0.3, -0.25) is 9.59 Å². The fraction of sp³-hybridized carbons (Fsp3) is 0.417. The number of carbonyl (C=O) groups excluding carboxylic acids is 4. The van der Waals surface area contributed by atoms with Crippen molar-refractivity contribution in [2.24, 2.45) is 5.92 Å². The Bertz CT molecular complexity index is 2250. The molecule has 0 bridgehead atoms. The number of rotatable bonds is 6. The lowest BCUT2D eigenvalue weighted by Gasteiger charge is -2.30. The van der Waals surface area contributed by atoms with Gasteiger partial charge in [-0.15, -0.1) is 0 Å². The average Bonchev–Trinajstić information content (AvgIpc) is 3.80. The highest BCUT2D eigenvalue weighted by Crippen LogP contribution is 2.44. The van der Waals surface area contributed by atoms with Gasteiger partial charge in [-0.2, -0.15) is 0 Å². The molecule has 0 saturated carbocycles. The Labute approximate surface area is 352 Å². The fourth-order valence-corrected chi connectivity index (χ4v) is 8.36. The largest absolute Gasteiger partial charge is 0.479 e. The van der Waals surface area contributed by atoms with Crippen LogP contribution < -0.4 is 30.7 Å². The predicted octanol–water partition coefficient (Wildman–Crippen LogP) is 9.09. The van der Waals surface area contributed by atoms with Crippen LogP contribution in [0.3, 0.4) is 0 Å². The predicted molar refractivity (Wildman–Crippen MR) is 229 cm³/mol. The Kier molecular flexibility index (Phi) is 11.9. The molecule has 0 radical (unpaired) electrons. The molecule has 0 aromatic heterocycles. The van der Waals surface area contributed by atoms with Gasteiger partial charge in [0.25, 0.3) is 11.8 Å². The minimum atomic E-state index is -0.587. The van der Waals surface area contributed by atoms with Gasteiger partial charge in [0.2, 0.25) is 0 Å². The molecule has 316 valence electrons. The Morgan fingerprint density at radius 1 is 0.650 bits per heavy atom. The summed E-state index contributed by atoms with van der Waals surface area (Å²) in [6.45, 7) is 14.5. The lowest BCUT2D eigenvalue weighted by molar-refractivity contribution is -0.123. The van der Waals surface area contributed by atoms with Crippen molar-refractivity contribution in [1.29, 1.82) is 0 Å². The van der Waals surface area contributed by atoms with E-state index in [0.29, 0.717) is 22.9 Å². The van der Waals surface area contributed by atoms with Crippen molar-refractivity contribution in [1.82, 2.24) is 10.6 Å². The molecule has 4 aliphatic rings. The van der Waals surface area contributed by atoms with Gasteiger partial charge in [0.1, 0.15) is 22.7 Å². The first-order valence-corrected chi connectivity index (χ1v) is 20.8. The van der Waals surface area contributed by atoms with Crippen LogP contribution in [-0.2, 0) is 38.3 Å². The summed E-state index contributed by atoms with van der Waals surface area (Å²) >= 11 is 0. The second kappa shape index (κ2) is 16.9. The van der Waals surface area contributed by atoms with E-state index >= 15 is 0 Å². The first kappa shape index (κ1) is 42.1. The maximum absolute atomic E-state index is 12.7. The number of benzene rings is 4. The summed E-state index contributed by atoms with van der Waals surface area (Å²) in [5.41, 5.74) is 7.06. The van der Waals surface area contributed by atoms with Crippen LogP contribution in [0.25, 0.3) is 0 Å². The van der Waals surface area contributed by atoms with E-state index in [1.165, 1.54) is 22.3 Å². The van der Waals surface area contributed by atoms with Gasteiger partial charge >= 0.3 is 12.2 Å². The van der Waals surface area contributed by atoms with E-state index in [9.17, 15) is 19.2 Å². The molecule has 0 saturated heterocycles. The molecule has 5 unspecified atom stereocenters. The zero-order valence-corrected chi connectivity index (χ0v) is 35.6. The number of hydrogen-bond donors (Lipinski definition) is 4. The average molecular weight is 817 g/mol. The summed E-state index contributed by atoms with van der Waals surface area (Å²) in [5.74, 6) is 1.22. The monoisotopic (exact) mass is 816 g/mol. The molecule has 8 rings (SSSR count). The normalized spacial score (nSPS) is 20.1. The molecule has 0 fully saturated rings. The molecule has 5 atom stereocenters. The second-order valence-corrected chi connectivity index (χ2v) is 18.0. The maximum atomic E-state index is 12.7. The molecule has 2 heterocycles. The smallest absolute Gasteiger partial charge is 0.408 e. The van der Waals surface area contributed by atoms with E-state index in [1.54, 1.807) is 13.8 Å². The van der Waals surface area contributed by atoms with Crippen LogP contribution in [-0.4, -0.2) is 47.4 Å². The minimum absolute atomic E-state index is 0.117. The Hall–Kier alpha value is -6.04. The number of aryl methyl sites for hydroxylation is 1. The first-order chi connectivity index (χ1) is 28.4. The van der Waals surface area contributed by atoms with Crippen molar-refractivity contribution in [3.05, 3.63) is 118 Å². The number of hydrogen-bond acceptors (Lipinski definition) is 8. The van der Waals surface area contributed by atoms with E-state index in [-0.39, 0.29) is 35.7 Å². The molecule has 2 aliphatic carbocycles. The number of ether oxygens (including phenoxy) is 4.